The molecular weight excluding hydrogens is 284 g/mol. The minimum absolute atomic E-state index is 0.273. The van der Waals surface area contributed by atoms with Gasteiger partial charge in [-0.1, -0.05) is 0 Å². The van der Waals surface area contributed by atoms with Gasteiger partial charge >= 0.3 is 5.97 Å². The third-order valence-corrected chi connectivity index (χ3v) is 3.85. The maximum atomic E-state index is 13.1. The molecule has 0 bridgehead atoms. The lowest BCUT2D eigenvalue weighted by atomic mass is 9.90. The van der Waals surface area contributed by atoms with Crippen molar-refractivity contribution in [2.75, 3.05) is 0 Å². The minimum Gasteiger partial charge on any atom is -0.481 e. The number of aromatic nitrogens is 1. The van der Waals surface area contributed by atoms with E-state index < -0.39 is 23.0 Å². The first-order valence-corrected chi connectivity index (χ1v) is 6.80. The van der Waals surface area contributed by atoms with Gasteiger partial charge in [-0.15, -0.1) is 11.3 Å². The SMILES string of the molecule is CC(C)(C(=O)O)c1csc(Cc2cc(F)cc(F)c2)n1. The Labute approximate surface area is 118 Å². The van der Waals surface area contributed by atoms with Crippen molar-refractivity contribution in [1.82, 2.24) is 4.98 Å². The van der Waals surface area contributed by atoms with E-state index in [9.17, 15) is 13.6 Å². The molecule has 0 spiro atoms. The largest absolute Gasteiger partial charge is 0.481 e. The van der Waals surface area contributed by atoms with E-state index in [-0.39, 0.29) is 6.42 Å². The third-order valence-electron chi connectivity index (χ3n) is 3.00. The van der Waals surface area contributed by atoms with Crippen LogP contribution in [0.2, 0.25) is 0 Å². The maximum absolute atomic E-state index is 13.1. The highest BCUT2D eigenvalue weighted by atomic mass is 32.1. The number of benzene rings is 1. The standard InChI is InChI=1S/C14H13F2NO2S/c1-14(2,13(18)19)11-7-20-12(17-11)5-8-3-9(15)6-10(16)4-8/h3-4,6-7H,5H2,1-2H3,(H,18,19). The Hall–Kier alpha value is -1.82. The molecule has 0 aliphatic carbocycles. The summed E-state index contributed by atoms with van der Waals surface area (Å²) < 4.78 is 26.2. The molecule has 0 saturated heterocycles. The highest BCUT2D eigenvalue weighted by Crippen LogP contribution is 2.26. The molecule has 2 rings (SSSR count). The Bertz CT molecular complexity index is 632. The quantitative estimate of drug-likeness (QED) is 0.941. The lowest BCUT2D eigenvalue weighted by Crippen LogP contribution is -2.28. The summed E-state index contributed by atoms with van der Waals surface area (Å²) >= 11 is 1.28. The second kappa shape index (κ2) is 5.28. The van der Waals surface area contributed by atoms with Gasteiger partial charge in [0.1, 0.15) is 17.0 Å². The molecule has 1 aromatic heterocycles. The van der Waals surface area contributed by atoms with E-state index in [1.807, 2.05) is 0 Å². The van der Waals surface area contributed by atoms with Crippen molar-refractivity contribution in [2.24, 2.45) is 0 Å². The molecular formula is C14H13F2NO2S. The van der Waals surface area contributed by atoms with Crippen molar-refractivity contribution < 1.29 is 18.7 Å². The number of hydrogen-bond acceptors (Lipinski definition) is 3. The molecule has 3 nitrogen and oxygen atoms in total. The molecule has 0 unspecified atom stereocenters. The molecule has 0 atom stereocenters. The number of halogens is 2. The van der Waals surface area contributed by atoms with Crippen LogP contribution in [-0.4, -0.2) is 16.1 Å². The van der Waals surface area contributed by atoms with Crippen LogP contribution in [0, 0.1) is 11.6 Å². The highest BCUT2D eigenvalue weighted by Gasteiger charge is 2.32. The first-order chi connectivity index (χ1) is 9.29. The lowest BCUT2D eigenvalue weighted by molar-refractivity contribution is -0.142. The van der Waals surface area contributed by atoms with Crippen LogP contribution in [0.1, 0.15) is 30.1 Å². The fraction of sp³-hybridized carbons (Fsp3) is 0.286. The van der Waals surface area contributed by atoms with Crippen molar-refractivity contribution >= 4 is 17.3 Å². The van der Waals surface area contributed by atoms with Crippen LogP contribution >= 0.6 is 11.3 Å². The smallest absolute Gasteiger partial charge is 0.315 e. The molecule has 20 heavy (non-hydrogen) atoms. The molecule has 2 aromatic rings. The minimum atomic E-state index is -1.08. The number of carboxylic acid groups (broad SMARTS) is 1. The zero-order valence-electron chi connectivity index (χ0n) is 11.0. The van der Waals surface area contributed by atoms with Crippen molar-refractivity contribution in [3.63, 3.8) is 0 Å². The summed E-state index contributed by atoms with van der Waals surface area (Å²) in [6.45, 7) is 3.13. The number of hydrogen-bond donors (Lipinski definition) is 1. The summed E-state index contributed by atoms with van der Waals surface area (Å²) in [5.41, 5.74) is -0.166. The Kier molecular flexibility index (Phi) is 3.85. The van der Waals surface area contributed by atoms with Gasteiger partial charge in [0.15, 0.2) is 0 Å². The topological polar surface area (TPSA) is 50.2 Å². The van der Waals surface area contributed by atoms with E-state index in [1.54, 1.807) is 19.2 Å². The van der Waals surface area contributed by atoms with Crippen molar-refractivity contribution in [1.29, 1.82) is 0 Å². The van der Waals surface area contributed by atoms with Crippen LogP contribution in [0.15, 0.2) is 23.6 Å². The van der Waals surface area contributed by atoms with Crippen LogP contribution in [-0.2, 0) is 16.6 Å². The molecule has 0 radical (unpaired) electrons. The van der Waals surface area contributed by atoms with Crippen LogP contribution < -0.4 is 0 Å². The molecule has 0 aliphatic heterocycles. The first kappa shape index (κ1) is 14.6. The van der Waals surface area contributed by atoms with Crippen LogP contribution in [0.4, 0.5) is 8.78 Å². The molecule has 6 heteroatoms. The molecule has 1 heterocycles. The third kappa shape index (κ3) is 3.01. The van der Waals surface area contributed by atoms with E-state index in [0.29, 0.717) is 16.3 Å². The molecule has 0 amide bonds. The van der Waals surface area contributed by atoms with E-state index in [0.717, 1.165) is 6.07 Å². The number of nitrogens with zero attached hydrogens (tertiary/aromatic N) is 1. The van der Waals surface area contributed by atoms with Gasteiger partial charge in [-0.05, 0) is 31.5 Å². The Morgan fingerprint density at radius 1 is 1.30 bits per heavy atom. The van der Waals surface area contributed by atoms with Crippen molar-refractivity contribution in [3.05, 3.63) is 51.5 Å². The van der Waals surface area contributed by atoms with Gasteiger partial charge in [-0.25, -0.2) is 13.8 Å². The molecule has 0 saturated carbocycles. The second-order valence-corrected chi connectivity index (χ2v) is 5.95. The molecule has 1 aromatic carbocycles. The van der Waals surface area contributed by atoms with Gasteiger partial charge in [0.05, 0.1) is 10.7 Å². The Morgan fingerprint density at radius 3 is 2.45 bits per heavy atom. The number of carbonyl (C=O) groups is 1. The fourth-order valence-electron chi connectivity index (χ4n) is 1.68. The van der Waals surface area contributed by atoms with Crippen LogP contribution in [0.5, 0.6) is 0 Å². The molecule has 106 valence electrons. The second-order valence-electron chi connectivity index (χ2n) is 5.01. The summed E-state index contributed by atoms with van der Waals surface area (Å²) in [5, 5.41) is 11.4. The van der Waals surface area contributed by atoms with Gasteiger partial charge < -0.3 is 5.11 Å². The predicted octanol–water partition coefficient (Wildman–Crippen LogP) is 3.37. The molecule has 0 aliphatic rings. The first-order valence-electron chi connectivity index (χ1n) is 5.92. The Balaban J connectivity index is 2.24. The number of thiazole rings is 1. The molecule has 0 fully saturated rings. The normalized spacial score (nSPS) is 11.6. The number of rotatable bonds is 4. The van der Waals surface area contributed by atoms with E-state index in [4.69, 9.17) is 5.11 Å². The summed E-state index contributed by atoms with van der Waals surface area (Å²) in [5.74, 6) is -2.24. The van der Waals surface area contributed by atoms with Gasteiger partial charge in [-0.3, -0.25) is 4.79 Å². The highest BCUT2D eigenvalue weighted by molar-refractivity contribution is 7.09. The summed E-state index contributed by atoms with van der Waals surface area (Å²) in [6, 6.07) is 3.29. The Morgan fingerprint density at radius 2 is 1.90 bits per heavy atom. The number of aliphatic carboxylic acids is 1. The summed E-state index contributed by atoms with van der Waals surface area (Å²) in [6.07, 6.45) is 0.273. The van der Waals surface area contributed by atoms with Crippen LogP contribution in [0.3, 0.4) is 0 Å². The fourth-order valence-corrected chi connectivity index (χ4v) is 2.67. The molecule has 1 N–H and O–H groups in total. The van der Waals surface area contributed by atoms with Gasteiger partial charge in [0, 0.05) is 17.9 Å². The lowest BCUT2D eigenvalue weighted by Gasteiger charge is -2.15. The number of carboxylic acids is 1. The monoisotopic (exact) mass is 297 g/mol. The van der Waals surface area contributed by atoms with Gasteiger partial charge in [0.25, 0.3) is 0 Å². The van der Waals surface area contributed by atoms with E-state index >= 15 is 0 Å². The van der Waals surface area contributed by atoms with Crippen molar-refractivity contribution in [2.45, 2.75) is 25.7 Å². The van der Waals surface area contributed by atoms with Gasteiger partial charge in [-0.2, -0.15) is 0 Å². The predicted molar refractivity (Wildman–Crippen MR) is 71.9 cm³/mol. The van der Waals surface area contributed by atoms with Gasteiger partial charge in [0.2, 0.25) is 0 Å². The van der Waals surface area contributed by atoms with Crippen LogP contribution in [0.25, 0.3) is 0 Å². The van der Waals surface area contributed by atoms with E-state index in [2.05, 4.69) is 4.98 Å². The zero-order valence-corrected chi connectivity index (χ0v) is 11.8. The summed E-state index contributed by atoms with van der Waals surface area (Å²) in [7, 11) is 0. The average Bonchev–Trinajstić information content (AvgIpc) is 2.76. The maximum Gasteiger partial charge on any atom is 0.315 e. The average molecular weight is 297 g/mol. The zero-order chi connectivity index (χ0) is 14.9. The van der Waals surface area contributed by atoms with Crippen molar-refractivity contribution in [3.8, 4) is 0 Å². The van der Waals surface area contributed by atoms with E-state index in [1.165, 1.54) is 23.5 Å². The summed E-state index contributed by atoms with van der Waals surface area (Å²) in [4.78, 5) is 15.4.